The van der Waals surface area contributed by atoms with E-state index < -0.39 is 0 Å². The van der Waals surface area contributed by atoms with Crippen LogP contribution in [0, 0.1) is 12.3 Å². The average molecular weight is 255 g/mol. The van der Waals surface area contributed by atoms with E-state index in [9.17, 15) is 5.11 Å². The number of hydrogen-bond acceptors (Lipinski definition) is 5. The molecule has 0 aromatic carbocycles. The van der Waals surface area contributed by atoms with Gasteiger partial charge in [-0.15, -0.1) is 21.5 Å². The fourth-order valence-electron chi connectivity index (χ4n) is 2.55. The molecule has 0 amide bonds. The van der Waals surface area contributed by atoms with Gasteiger partial charge < -0.3 is 5.11 Å². The molecule has 1 atom stereocenters. The number of aromatic nitrogens is 2. The van der Waals surface area contributed by atoms with Crippen LogP contribution in [-0.4, -0.2) is 39.4 Å². The van der Waals surface area contributed by atoms with Gasteiger partial charge >= 0.3 is 0 Å². The monoisotopic (exact) mass is 255 g/mol. The van der Waals surface area contributed by atoms with E-state index in [1.807, 2.05) is 6.92 Å². The van der Waals surface area contributed by atoms with E-state index in [-0.39, 0.29) is 11.5 Å². The Morgan fingerprint density at radius 1 is 1.47 bits per heavy atom. The van der Waals surface area contributed by atoms with Crippen molar-refractivity contribution in [2.45, 2.75) is 46.3 Å². The molecule has 0 radical (unpaired) electrons. The standard InChI is InChI=1S/C12H21N3OS/c1-9-13-14-11(17-9)7-15-5-4-10(16)6-12(2,3)8-15/h10,16H,4-8H2,1-3H3/t10-/m1/s1. The van der Waals surface area contributed by atoms with Crippen LogP contribution >= 0.6 is 11.3 Å². The Bertz CT molecular complexity index is 378. The third-order valence-electron chi connectivity index (χ3n) is 3.15. The van der Waals surface area contributed by atoms with E-state index in [1.54, 1.807) is 11.3 Å². The molecule has 1 aliphatic heterocycles. The van der Waals surface area contributed by atoms with Gasteiger partial charge in [0.05, 0.1) is 12.6 Å². The minimum Gasteiger partial charge on any atom is -0.393 e. The summed E-state index contributed by atoms with van der Waals surface area (Å²) in [5.74, 6) is 0. The Morgan fingerprint density at radius 3 is 2.88 bits per heavy atom. The molecule has 1 N–H and O–H groups in total. The van der Waals surface area contributed by atoms with Crippen LogP contribution in [0.3, 0.4) is 0 Å². The molecule has 1 fully saturated rings. The van der Waals surface area contributed by atoms with Crippen LogP contribution < -0.4 is 0 Å². The van der Waals surface area contributed by atoms with Crippen LogP contribution in [0.2, 0.25) is 0 Å². The molecule has 2 rings (SSSR count). The van der Waals surface area contributed by atoms with Crippen LogP contribution in [0.1, 0.15) is 36.7 Å². The summed E-state index contributed by atoms with van der Waals surface area (Å²) in [5.41, 5.74) is 0.176. The summed E-state index contributed by atoms with van der Waals surface area (Å²) >= 11 is 1.66. The third-order valence-corrected chi connectivity index (χ3v) is 3.97. The summed E-state index contributed by atoms with van der Waals surface area (Å²) in [7, 11) is 0. The highest BCUT2D eigenvalue weighted by Gasteiger charge is 2.29. The highest BCUT2D eigenvalue weighted by molar-refractivity contribution is 7.11. The Balaban J connectivity index is 2.00. The lowest BCUT2D eigenvalue weighted by Gasteiger charge is -2.28. The fourth-order valence-corrected chi connectivity index (χ4v) is 3.30. The van der Waals surface area contributed by atoms with Gasteiger partial charge in [-0.1, -0.05) is 13.8 Å². The van der Waals surface area contributed by atoms with Gasteiger partial charge in [-0.25, -0.2) is 0 Å². The Hall–Kier alpha value is -0.520. The van der Waals surface area contributed by atoms with Crippen LogP contribution in [0.25, 0.3) is 0 Å². The number of likely N-dealkylation sites (tertiary alicyclic amines) is 1. The lowest BCUT2D eigenvalue weighted by Crippen LogP contribution is -2.32. The van der Waals surface area contributed by atoms with Crippen LogP contribution in [-0.2, 0) is 6.54 Å². The minimum absolute atomic E-state index is 0.161. The Morgan fingerprint density at radius 2 is 2.24 bits per heavy atom. The highest BCUT2D eigenvalue weighted by atomic mass is 32.1. The fraction of sp³-hybridized carbons (Fsp3) is 0.833. The molecule has 96 valence electrons. The maximum absolute atomic E-state index is 9.86. The first-order chi connectivity index (χ1) is 7.94. The lowest BCUT2D eigenvalue weighted by molar-refractivity contribution is 0.121. The summed E-state index contributed by atoms with van der Waals surface area (Å²) < 4.78 is 0. The third kappa shape index (κ3) is 3.72. The van der Waals surface area contributed by atoms with Crippen molar-refractivity contribution < 1.29 is 5.11 Å². The zero-order chi connectivity index (χ0) is 12.5. The van der Waals surface area contributed by atoms with E-state index in [0.29, 0.717) is 0 Å². The van der Waals surface area contributed by atoms with Crippen molar-refractivity contribution in [3.63, 3.8) is 0 Å². The summed E-state index contributed by atoms with van der Waals surface area (Å²) in [4.78, 5) is 2.39. The second-order valence-electron chi connectivity index (χ2n) is 5.74. The number of nitrogens with zero attached hydrogens (tertiary/aromatic N) is 3. The van der Waals surface area contributed by atoms with Crippen molar-refractivity contribution in [1.29, 1.82) is 0 Å². The number of hydrogen-bond donors (Lipinski definition) is 1. The SMILES string of the molecule is Cc1nnc(CN2CC[C@@H](O)CC(C)(C)C2)s1. The zero-order valence-corrected chi connectivity index (χ0v) is 11.6. The molecule has 1 aromatic rings. The molecule has 4 nitrogen and oxygen atoms in total. The normalized spacial score (nSPS) is 25.8. The Labute approximate surface area is 107 Å². The predicted molar refractivity (Wildman–Crippen MR) is 68.9 cm³/mol. The van der Waals surface area contributed by atoms with Crippen molar-refractivity contribution in [3.05, 3.63) is 10.0 Å². The van der Waals surface area contributed by atoms with Gasteiger partial charge in [0.25, 0.3) is 0 Å². The number of aryl methyl sites for hydroxylation is 1. The van der Waals surface area contributed by atoms with E-state index in [2.05, 4.69) is 28.9 Å². The lowest BCUT2D eigenvalue weighted by atomic mass is 9.87. The second kappa shape index (κ2) is 5.00. The molecule has 17 heavy (non-hydrogen) atoms. The van der Waals surface area contributed by atoms with Gasteiger partial charge in [0, 0.05) is 13.1 Å². The number of aliphatic hydroxyl groups is 1. The molecule has 1 aliphatic rings. The van der Waals surface area contributed by atoms with Gasteiger partial charge in [-0.05, 0) is 25.2 Å². The molecule has 0 spiro atoms. The van der Waals surface area contributed by atoms with Crippen molar-refractivity contribution in [2.75, 3.05) is 13.1 Å². The van der Waals surface area contributed by atoms with Gasteiger partial charge in [0.1, 0.15) is 10.0 Å². The van der Waals surface area contributed by atoms with E-state index >= 15 is 0 Å². The molecule has 2 heterocycles. The minimum atomic E-state index is -0.161. The average Bonchev–Trinajstić information content (AvgIpc) is 2.53. The van der Waals surface area contributed by atoms with E-state index in [4.69, 9.17) is 0 Å². The smallest absolute Gasteiger partial charge is 0.131 e. The molecule has 5 heteroatoms. The summed E-state index contributed by atoms with van der Waals surface area (Å²) in [6, 6.07) is 0. The second-order valence-corrected chi connectivity index (χ2v) is 7.00. The molecule has 0 bridgehead atoms. The molecular weight excluding hydrogens is 234 g/mol. The van der Waals surface area contributed by atoms with Gasteiger partial charge in [-0.3, -0.25) is 4.90 Å². The van der Waals surface area contributed by atoms with Crippen molar-refractivity contribution in [2.24, 2.45) is 5.41 Å². The highest BCUT2D eigenvalue weighted by Crippen LogP contribution is 2.29. The summed E-state index contributed by atoms with van der Waals surface area (Å²) in [5, 5.41) is 20.2. The zero-order valence-electron chi connectivity index (χ0n) is 10.8. The van der Waals surface area contributed by atoms with Crippen molar-refractivity contribution in [3.8, 4) is 0 Å². The first kappa shape index (κ1) is 12.9. The van der Waals surface area contributed by atoms with E-state index in [1.165, 1.54) is 0 Å². The molecule has 0 aliphatic carbocycles. The molecule has 0 saturated carbocycles. The predicted octanol–water partition coefficient (Wildman–Crippen LogP) is 1.83. The summed E-state index contributed by atoms with van der Waals surface area (Å²) in [6.45, 7) is 9.25. The number of aliphatic hydroxyl groups excluding tert-OH is 1. The molecular formula is C12H21N3OS. The van der Waals surface area contributed by atoms with E-state index in [0.717, 1.165) is 42.5 Å². The number of rotatable bonds is 2. The maximum Gasteiger partial charge on any atom is 0.131 e. The van der Waals surface area contributed by atoms with Crippen molar-refractivity contribution >= 4 is 11.3 Å². The molecule has 0 unspecified atom stereocenters. The Kier molecular flexibility index (Phi) is 3.80. The first-order valence-electron chi connectivity index (χ1n) is 6.14. The largest absolute Gasteiger partial charge is 0.393 e. The topological polar surface area (TPSA) is 49.2 Å². The molecule has 1 saturated heterocycles. The first-order valence-corrected chi connectivity index (χ1v) is 6.96. The van der Waals surface area contributed by atoms with Crippen LogP contribution in [0.15, 0.2) is 0 Å². The van der Waals surface area contributed by atoms with Crippen LogP contribution in [0.4, 0.5) is 0 Å². The van der Waals surface area contributed by atoms with Gasteiger partial charge in [-0.2, -0.15) is 0 Å². The maximum atomic E-state index is 9.86. The van der Waals surface area contributed by atoms with Crippen molar-refractivity contribution in [1.82, 2.24) is 15.1 Å². The summed E-state index contributed by atoms with van der Waals surface area (Å²) in [6.07, 6.45) is 1.59. The van der Waals surface area contributed by atoms with Gasteiger partial charge in [0.2, 0.25) is 0 Å². The van der Waals surface area contributed by atoms with Crippen LogP contribution in [0.5, 0.6) is 0 Å². The van der Waals surface area contributed by atoms with Gasteiger partial charge in [0.15, 0.2) is 0 Å². The quantitative estimate of drug-likeness (QED) is 0.876. The molecule has 1 aromatic heterocycles.